The van der Waals surface area contributed by atoms with Crippen molar-refractivity contribution in [3.05, 3.63) is 11.1 Å². The Balaban J connectivity index is 1.90. The molecule has 0 saturated carbocycles. The first-order valence-corrected chi connectivity index (χ1v) is 7.15. The molecule has 1 aliphatic rings. The standard InChI is InChI=1S/C12H20N4OS/c1-9(7-13)11(17)15-3-5-16(6-4-15)12-14-10(2)8-18-12/h8-9H,3-7,13H2,1-2H3. The van der Waals surface area contributed by atoms with E-state index in [0.717, 1.165) is 37.0 Å². The van der Waals surface area contributed by atoms with Gasteiger partial charge in [-0.15, -0.1) is 11.3 Å². The van der Waals surface area contributed by atoms with E-state index in [1.54, 1.807) is 11.3 Å². The first-order chi connectivity index (χ1) is 8.61. The van der Waals surface area contributed by atoms with Gasteiger partial charge in [-0.25, -0.2) is 4.98 Å². The molecule has 5 nitrogen and oxygen atoms in total. The summed E-state index contributed by atoms with van der Waals surface area (Å²) in [5.74, 6) is 0.103. The molecule has 0 aromatic carbocycles. The van der Waals surface area contributed by atoms with Crippen molar-refractivity contribution >= 4 is 22.4 Å². The van der Waals surface area contributed by atoms with Gasteiger partial charge in [0.2, 0.25) is 5.91 Å². The van der Waals surface area contributed by atoms with Crippen LogP contribution in [0.4, 0.5) is 5.13 Å². The van der Waals surface area contributed by atoms with Crippen molar-refractivity contribution in [2.75, 3.05) is 37.6 Å². The summed E-state index contributed by atoms with van der Waals surface area (Å²) in [7, 11) is 0. The number of hydrogen-bond donors (Lipinski definition) is 1. The average Bonchev–Trinajstić information content (AvgIpc) is 2.84. The summed E-state index contributed by atoms with van der Waals surface area (Å²) in [6.45, 7) is 7.56. The number of rotatable bonds is 3. The second kappa shape index (κ2) is 5.67. The molecule has 1 aliphatic heterocycles. The Kier molecular flexibility index (Phi) is 4.19. The Morgan fingerprint density at radius 3 is 2.67 bits per heavy atom. The number of carbonyl (C=O) groups is 1. The summed E-state index contributed by atoms with van der Waals surface area (Å²) < 4.78 is 0. The number of nitrogens with two attached hydrogens (primary N) is 1. The lowest BCUT2D eigenvalue weighted by Crippen LogP contribution is -2.50. The lowest BCUT2D eigenvalue weighted by Gasteiger charge is -2.35. The van der Waals surface area contributed by atoms with Gasteiger partial charge in [0.05, 0.1) is 5.69 Å². The Morgan fingerprint density at radius 1 is 1.50 bits per heavy atom. The highest BCUT2D eigenvalue weighted by Crippen LogP contribution is 2.21. The Bertz CT molecular complexity index is 412. The lowest BCUT2D eigenvalue weighted by atomic mass is 10.1. The van der Waals surface area contributed by atoms with Gasteiger partial charge in [-0.1, -0.05) is 6.92 Å². The number of carbonyl (C=O) groups excluding carboxylic acids is 1. The number of amides is 1. The van der Waals surface area contributed by atoms with Crippen LogP contribution < -0.4 is 10.6 Å². The maximum atomic E-state index is 12.0. The molecule has 2 rings (SSSR count). The second-order valence-electron chi connectivity index (χ2n) is 4.72. The van der Waals surface area contributed by atoms with Crippen LogP contribution in [-0.4, -0.2) is 48.5 Å². The fourth-order valence-electron chi connectivity index (χ4n) is 2.02. The van der Waals surface area contributed by atoms with Crippen molar-refractivity contribution in [2.24, 2.45) is 11.7 Å². The second-order valence-corrected chi connectivity index (χ2v) is 5.56. The number of piperazine rings is 1. The molecule has 1 saturated heterocycles. The van der Waals surface area contributed by atoms with E-state index in [9.17, 15) is 4.79 Å². The van der Waals surface area contributed by atoms with Gasteiger partial charge in [-0.05, 0) is 6.92 Å². The van der Waals surface area contributed by atoms with Crippen LogP contribution in [0.2, 0.25) is 0 Å². The molecule has 1 atom stereocenters. The molecule has 0 bridgehead atoms. The molecule has 100 valence electrons. The molecule has 0 spiro atoms. The van der Waals surface area contributed by atoms with E-state index in [-0.39, 0.29) is 11.8 Å². The van der Waals surface area contributed by atoms with Crippen molar-refractivity contribution in [1.29, 1.82) is 0 Å². The Labute approximate surface area is 112 Å². The van der Waals surface area contributed by atoms with Gasteiger partial charge in [0.15, 0.2) is 5.13 Å². The monoisotopic (exact) mass is 268 g/mol. The highest BCUT2D eigenvalue weighted by Gasteiger charge is 2.25. The number of nitrogens with zero attached hydrogens (tertiary/aromatic N) is 3. The molecule has 6 heteroatoms. The van der Waals surface area contributed by atoms with E-state index in [2.05, 4.69) is 15.3 Å². The molecule has 18 heavy (non-hydrogen) atoms. The van der Waals surface area contributed by atoms with Gasteiger partial charge in [0.1, 0.15) is 0 Å². The lowest BCUT2D eigenvalue weighted by molar-refractivity contribution is -0.134. The number of anilines is 1. The molecular weight excluding hydrogens is 248 g/mol. The molecule has 1 fully saturated rings. The smallest absolute Gasteiger partial charge is 0.226 e. The highest BCUT2D eigenvalue weighted by atomic mass is 32.1. The first-order valence-electron chi connectivity index (χ1n) is 6.27. The molecule has 1 amide bonds. The van der Waals surface area contributed by atoms with E-state index < -0.39 is 0 Å². The maximum absolute atomic E-state index is 12.0. The van der Waals surface area contributed by atoms with E-state index >= 15 is 0 Å². The topological polar surface area (TPSA) is 62.5 Å². The number of aryl methyl sites for hydroxylation is 1. The van der Waals surface area contributed by atoms with Gasteiger partial charge < -0.3 is 15.5 Å². The molecule has 2 heterocycles. The quantitative estimate of drug-likeness (QED) is 0.876. The molecule has 1 unspecified atom stereocenters. The molecule has 0 radical (unpaired) electrons. The van der Waals surface area contributed by atoms with E-state index in [0.29, 0.717) is 6.54 Å². The van der Waals surface area contributed by atoms with Crippen LogP contribution in [0.15, 0.2) is 5.38 Å². The minimum absolute atomic E-state index is 0.0707. The largest absolute Gasteiger partial charge is 0.345 e. The zero-order chi connectivity index (χ0) is 13.1. The fraction of sp³-hybridized carbons (Fsp3) is 0.667. The van der Waals surface area contributed by atoms with Crippen LogP contribution in [0.5, 0.6) is 0 Å². The van der Waals surface area contributed by atoms with Crippen LogP contribution in [0.3, 0.4) is 0 Å². The molecular formula is C12H20N4OS. The van der Waals surface area contributed by atoms with Gasteiger partial charge >= 0.3 is 0 Å². The molecule has 0 aliphatic carbocycles. The molecule has 1 aromatic rings. The third-order valence-corrected chi connectivity index (χ3v) is 4.26. The van der Waals surface area contributed by atoms with Gasteiger partial charge in [0.25, 0.3) is 0 Å². The van der Waals surface area contributed by atoms with Gasteiger partial charge in [0, 0.05) is 44.0 Å². The van der Waals surface area contributed by atoms with E-state index in [4.69, 9.17) is 5.73 Å². The summed E-state index contributed by atoms with van der Waals surface area (Å²) in [6.07, 6.45) is 0. The van der Waals surface area contributed by atoms with E-state index in [1.807, 2.05) is 18.7 Å². The van der Waals surface area contributed by atoms with Gasteiger partial charge in [-0.3, -0.25) is 4.79 Å². The zero-order valence-electron chi connectivity index (χ0n) is 10.9. The predicted molar refractivity (Wildman–Crippen MR) is 73.9 cm³/mol. The summed E-state index contributed by atoms with van der Waals surface area (Å²) in [5.41, 5.74) is 6.59. The third-order valence-electron chi connectivity index (χ3n) is 3.24. The molecule has 1 aromatic heterocycles. The van der Waals surface area contributed by atoms with Gasteiger partial charge in [-0.2, -0.15) is 0 Å². The normalized spacial score (nSPS) is 17.9. The Morgan fingerprint density at radius 2 is 2.17 bits per heavy atom. The third kappa shape index (κ3) is 2.81. The summed E-state index contributed by atoms with van der Waals surface area (Å²) in [6, 6.07) is 0. The predicted octanol–water partition coefficient (Wildman–Crippen LogP) is 0.695. The van der Waals surface area contributed by atoms with Crippen molar-refractivity contribution in [3.8, 4) is 0 Å². The Hall–Kier alpha value is -1.14. The van der Waals surface area contributed by atoms with Crippen molar-refractivity contribution in [3.63, 3.8) is 0 Å². The first kappa shape index (κ1) is 13.3. The van der Waals surface area contributed by atoms with E-state index in [1.165, 1.54) is 0 Å². The SMILES string of the molecule is Cc1csc(N2CCN(C(=O)C(C)CN)CC2)n1. The maximum Gasteiger partial charge on any atom is 0.226 e. The fourth-order valence-corrected chi connectivity index (χ4v) is 2.87. The zero-order valence-corrected chi connectivity index (χ0v) is 11.7. The van der Waals surface area contributed by atoms with Crippen LogP contribution >= 0.6 is 11.3 Å². The summed E-state index contributed by atoms with van der Waals surface area (Å²) >= 11 is 1.67. The summed E-state index contributed by atoms with van der Waals surface area (Å²) in [5, 5.41) is 3.12. The van der Waals surface area contributed by atoms with Crippen molar-refractivity contribution < 1.29 is 4.79 Å². The van der Waals surface area contributed by atoms with Crippen molar-refractivity contribution in [1.82, 2.24) is 9.88 Å². The number of aromatic nitrogens is 1. The van der Waals surface area contributed by atoms with Crippen LogP contribution in [0, 0.1) is 12.8 Å². The van der Waals surface area contributed by atoms with Crippen LogP contribution in [0.1, 0.15) is 12.6 Å². The van der Waals surface area contributed by atoms with Crippen LogP contribution in [-0.2, 0) is 4.79 Å². The van der Waals surface area contributed by atoms with Crippen molar-refractivity contribution in [2.45, 2.75) is 13.8 Å². The number of hydrogen-bond acceptors (Lipinski definition) is 5. The number of thiazole rings is 1. The highest BCUT2D eigenvalue weighted by molar-refractivity contribution is 7.13. The van der Waals surface area contributed by atoms with Crippen LogP contribution in [0.25, 0.3) is 0 Å². The summed E-state index contributed by atoms with van der Waals surface area (Å²) in [4.78, 5) is 20.6. The minimum Gasteiger partial charge on any atom is -0.345 e. The average molecular weight is 268 g/mol. The minimum atomic E-state index is -0.0707. The molecule has 2 N–H and O–H groups in total.